The molecule has 0 spiro atoms. The Balaban J connectivity index is 2.15. The van der Waals surface area contributed by atoms with Crippen LogP contribution in [0.5, 0.6) is 0 Å². The highest BCUT2D eigenvalue weighted by atomic mass is 19.4. The second-order valence-electron chi connectivity index (χ2n) is 5.92. The van der Waals surface area contributed by atoms with Gasteiger partial charge in [-0.2, -0.15) is 13.2 Å². The van der Waals surface area contributed by atoms with Crippen LogP contribution in [0.4, 0.5) is 24.8 Å². The van der Waals surface area contributed by atoms with Gasteiger partial charge < -0.3 is 11.1 Å². The smallest absolute Gasteiger partial charge is 0.384 e. The van der Waals surface area contributed by atoms with Crippen molar-refractivity contribution < 1.29 is 13.2 Å². The summed E-state index contributed by atoms with van der Waals surface area (Å²) in [6.45, 7) is 4.33. The highest BCUT2D eigenvalue weighted by molar-refractivity contribution is 5.48. The third-order valence-corrected chi connectivity index (χ3v) is 3.70. The first-order chi connectivity index (χ1) is 9.24. The van der Waals surface area contributed by atoms with E-state index in [-0.39, 0.29) is 17.7 Å². The van der Waals surface area contributed by atoms with Gasteiger partial charge in [0.15, 0.2) is 0 Å². The molecule has 0 saturated heterocycles. The zero-order valence-corrected chi connectivity index (χ0v) is 11.7. The van der Waals surface area contributed by atoms with E-state index in [0.717, 1.165) is 31.4 Å². The molecule has 0 aliphatic heterocycles. The van der Waals surface area contributed by atoms with Crippen molar-refractivity contribution in [3.8, 4) is 0 Å². The molecule has 0 radical (unpaired) electrons. The Morgan fingerprint density at radius 3 is 2.30 bits per heavy atom. The van der Waals surface area contributed by atoms with E-state index in [9.17, 15) is 13.2 Å². The van der Waals surface area contributed by atoms with Crippen molar-refractivity contribution in [2.75, 3.05) is 11.1 Å². The van der Waals surface area contributed by atoms with E-state index in [1.165, 1.54) is 0 Å². The molecule has 3 nitrogen and oxygen atoms in total. The number of nitrogens with zero attached hydrogens (tertiary/aromatic N) is 1. The number of anilines is 2. The summed E-state index contributed by atoms with van der Waals surface area (Å²) in [5.74, 6) is 1.24. The fourth-order valence-electron chi connectivity index (χ4n) is 3.06. The molecule has 0 bridgehead atoms. The Hall–Kier alpha value is -1.46. The maximum absolute atomic E-state index is 12.7. The Kier molecular flexibility index (Phi) is 4.11. The largest absolute Gasteiger partial charge is 0.416 e. The fourth-order valence-corrected chi connectivity index (χ4v) is 3.06. The van der Waals surface area contributed by atoms with Crippen molar-refractivity contribution in [3.63, 3.8) is 0 Å². The molecule has 112 valence electrons. The molecule has 2 rings (SSSR count). The lowest BCUT2D eigenvalue weighted by Crippen LogP contribution is -2.30. The number of nitrogens with two attached hydrogens (primary N) is 1. The minimum Gasteiger partial charge on any atom is -0.384 e. The molecular weight excluding hydrogens is 267 g/mol. The average Bonchev–Trinajstić information content (AvgIpc) is 2.25. The number of halogens is 3. The predicted octanol–water partition coefficient (Wildman–Crippen LogP) is 3.92. The number of rotatable bonds is 2. The van der Waals surface area contributed by atoms with Crippen LogP contribution in [0.15, 0.2) is 12.1 Å². The van der Waals surface area contributed by atoms with Crippen LogP contribution in [0.3, 0.4) is 0 Å². The van der Waals surface area contributed by atoms with Crippen molar-refractivity contribution in [2.24, 2.45) is 11.8 Å². The van der Waals surface area contributed by atoms with Gasteiger partial charge >= 0.3 is 6.18 Å². The Morgan fingerprint density at radius 1 is 1.15 bits per heavy atom. The highest BCUT2D eigenvalue weighted by Crippen LogP contribution is 2.33. The van der Waals surface area contributed by atoms with Crippen molar-refractivity contribution in [3.05, 3.63) is 17.7 Å². The normalized spacial score (nSPS) is 27.4. The van der Waals surface area contributed by atoms with Gasteiger partial charge in [0, 0.05) is 6.04 Å². The molecule has 2 unspecified atom stereocenters. The number of alkyl halides is 3. The van der Waals surface area contributed by atoms with Gasteiger partial charge in [-0.15, -0.1) is 0 Å². The van der Waals surface area contributed by atoms with Crippen molar-refractivity contribution in [2.45, 2.75) is 45.3 Å². The van der Waals surface area contributed by atoms with Crippen molar-refractivity contribution >= 4 is 11.6 Å². The summed E-state index contributed by atoms with van der Waals surface area (Å²) in [6.07, 6.45) is -1.35. The van der Waals surface area contributed by atoms with Crippen LogP contribution in [0.25, 0.3) is 0 Å². The number of hydrogen-bond donors (Lipinski definition) is 2. The molecule has 0 amide bonds. The number of pyridine rings is 1. The zero-order valence-electron chi connectivity index (χ0n) is 11.7. The van der Waals surface area contributed by atoms with E-state index in [1.807, 2.05) is 0 Å². The molecule has 1 aromatic rings. The first kappa shape index (κ1) is 14.9. The lowest BCUT2D eigenvalue weighted by molar-refractivity contribution is -0.137. The van der Waals surface area contributed by atoms with Crippen LogP contribution in [0, 0.1) is 11.8 Å². The summed E-state index contributed by atoms with van der Waals surface area (Å²) in [6, 6.07) is 2.04. The van der Waals surface area contributed by atoms with Gasteiger partial charge in [0.1, 0.15) is 11.6 Å². The van der Waals surface area contributed by atoms with Crippen LogP contribution in [0.1, 0.15) is 38.7 Å². The second-order valence-corrected chi connectivity index (χ2v) is 5.92. The summed E-state index contributed by atoms with van der Waals surface area (Å²) >= 11 is 0. The molecule has 0 aromatic carbocycles. The first-order valence-corrected chi connectivity index (χ1v) is 6.85. The van der Waals surface area contributed by atoms with Gasteiger partial charge in [0.25, 0.3) is 0 Å². The van der Waals surface area contributed by atoms with Crippen LogP contribution < -0.4 is 11.1 Å². The monoisotopic (exact) mass is 287 g/mol. The van der Waals surface area contributed by atoms with Gasteiger partial charge in [-0.3, -0.25) is 0 Å². The van der Waals surface area contributed by atoms with E-state index in [2.05, 4.69) is 24.1 Å². The maximum Gasteiger partial charge on any atom is 0.416 e. The van der Waals surface area contributed by atoms with Gasteiger partial charge in [0.05, 0.1) is 5.56 Å². The molecule has 3 N–H and O–H groups in total. The third kappa shape index (κ3) is 3.77. The van der Waals surface area contributed by atoms with Crippen LogP contribution in [0.2, 0.25) is 0 Å². The molecular formula is C14H20F3N3. The molecule has 6 heteroatoms. The minimum atomic E-state index is -4.40. The lowest BCUT2D eigenvalue weighted by atomic mass is 9.80. The van der Waals surface area contributed by atoms with E-state index < -0.39 is 11.7 Å². The number of aromatic nitrogens is 1. The lowest BCUT2D eigenvalue weighted by Gasteiger charge is -2.32. The topological polar surface area (TPSA) is 50.9 Å². The van der Waals surface area contributed by atoms with E-state index in [1.54, 1.807) is 0 Å². The zero-order chi connectivity index (χ0) is 14.9. The Labute approximate surface area is 116 Å². The summed E-state index contributed by atoms with van der Waals surface area (Å²) in [5, 5.41) is 3.10. The van der Waals surface area contributed by atoms with Crippen LogP contribution in [-0.4, -0.2) is 11.0 Å². The van der Waals surface area contributed by atoms with Crippen LogP contribution in [-0.2, 0) is 6.18 Å². The molecule has 1 heterocycles. The highest BCUT2D eigenvalue weighted by Gasteiger charge is 2.32. The Bertz CT molecular complexity index is 463. The quantitative estimate of drug-likeness (QED) is 0.866. The SMILES string of the molecule is CC1CC(C)CC(Nc2cc(C(F)(F)F)cc(N)n2)C1. The molecule has 20 heavy (non-hydrogen) atoms. The summed E-state index contributed by atoms with van der Waals surface area (Å²) in [4.78, 5) is 3.96. The minimum absolute atomic E-state index is 0.112. The van der Waals surface area contributed by atoms with Crippen molar-refractivity contribution in [1.29, 1.82) is 0 Å². The molecule has 1 saturated carbocycles. The van der Waals surface area contributed by atoms with Gasteiger partial charge in [-0.05, 0) is 43.2 Å². The van der Waals surface area contributed by atoms with Crippen LogP contribution >= 0.6 is 0 Å². The number of nitrogen functional groups attached to an aromatic ring is 1. The molecule has 1 aliphatic carbocycles. The summed E-state index contributed by atoms with van der Waals surface area (Å²) < 4.78 is 38.2. The average molecular weight is 287 g/mol. The molecule has 1 aliphatic rings. The standard InChI is InChI=1S/C14H20F3N3/c1-8-3-9(2)5-11(4-8)19-13-7-10(14(15,16)17)6-12(18)20-13/h6-9,11H,3-5H2,1-2H3,(H3,18,19,20). The number of nitrogens with one attached hydrogen (secondary N) is 1. The van der Waals surface area contributed by atoms with Crippen molar-refractivity contribution in [1.82, 2.24) is 4.98 Å². The molecule has 1 fully saturated rings. The summed E-state index contributed by atoms with van der Waals surface area (Å²) in [5.41, 5.74) is 4.70. The van der Waals surface area contributed by atoms with E-state index >= 15 is 0 Å². The van der Waals surface area contributed by atoms with Gasteiger partial charge in [-0.1, -0.05) is 13.8 Å². The number of hydrogen-bond acceptors (Lipinski definition) is 3. The van der Waals surface area contributed by atoms with Gasteiger partial charge in [-0.25, -0.2) is 4.98 Å². The molecule has 2 atom stereocenters. The third-order valence-electron chi connectivity index (χ3n) is 3.70. The van der Waals surface area contributed by atoms with Gasteiger partial charge in [0.2, 0.25) is 0 Å². The van der Waals surface area contributed by atoms with E-state index in [0.29, 0.717) is 11.8 Å². The first-order valence-electron chi connectivity index (χ1n) is 6.85. The second kappa shape index (κ2) is 5.50. The molecule has 1 aromatic heterocycles. The van der Waals surface area contributed by atoms with E-state index in [4.69, 9.17) is 5.73 Å². The fraction of sp³-hybridized carbons (Fsp3) is 0.643. The maximum atomic E-state index is 12.7. The summed E-state index contributed by atoms with van der Waals surface area (Å²) in [7, 11) is 0. The predicted molar refractivity (Wildman–Crippen MR) is 73.2 cm³/mol. The Morgan fingerprint density at radius 2 is 1.75 bits per heavy atom.